The number of phenols is 1. The molecule has 6 unspecified atom stereocenters. The number of hydrogen-bond acceptors (Lipinski definition) is 7. The number of fused-ring (bicyclic) bond motifs is 4. The molecule has 0 bridgehead atoms. The van der Waals surface area contributed by atoms with Crippen molar-refractivity contribution in [2.24, 2.45) is 29.6 Å². The fourth-order valence-corrected chi connectivity index (χ4v) is 8.41. The summed E-state index contributed by atoms with van der Waals surface area (Å²) in [5.74, 6) is -4.62. The molecule has 6 atom stereocenters. The number of rotatable bonds is 7. The molecule has 47 heavy (non-hydrogen) atoms. The van der Waals surface area contributed by atoms with Crippen LogP contribution < -0.4 is 19.3 Å². The summed E-state index contributed by atoms with van der Waals surface area (Å²) in [6.45, 7) is 4.09. The largest absolute Gasteiger partial charge is 0.508 e. The number of carbonyl (C=O) groups excluding carboxylic acids is 4. The molecular formula is C38H38N2O7. The van der Waals surface area contributed by atoms with Crippen LogP contribution in [0.5, 0.6) is 17.2 Å². The van der Waals surface area contributed by atoms with Gasteiger partial charge in [0, 0.05) is 23.6 Å². The predicted octanol–water partition coefficient (Wildman–Crippen LogP) is 5.58. The number of phenolic OH excluding ortho intramolecular Hbond substituents is 1. The molecule has 3 fully saturated rings. The molecule has 4 aliphatic rings. The van der Waals surface area contributed by atoms with Crippen LogP contribution in [0.25, 0.3) is 0 Å². The minimum Gasteiger partial charge on any atom is -0.508 e. The Balaban J connectivity index is 1.36. The van der Waals surface area contributed by atoms with Gasteiger partial charge in [-0.3, -0.25) is 29.0 Å². The molecule has 2 aliphatic carbocycles. The average molecular weight is 635 g/mol. The molecule has 242 valence electrons. The van der Waals surface area contributed by atoms with Gasteiger partial charge in [0.05, 0.1) is 49.3 Å². The number of hydrogen-bond donors (Lipinski definition) is 1. The molecule has 2 heterocycles. The van der Waals surface area contributed by atoms with Gasteiger partial charge in [0.25, 0.3) is 0 Å². The van der Waals surface area contributed by atoms with Crippen molar-refractivity contribution < 1.29 is 33.8 Å². The number of amides is 4. The van der Waals surface area contributed by atoms with Gasteiger partial charge in [-0.2, -0.15) is 0 Å². The Labute approximate surface area is 273 Å². The molecule has 2 aliphatic heterocycles. The minimum atomic E-state index is -0.801. The van der Waals surface area contributed by atoms with E-state index in [1.165, 1.54) is 36.2 Å². The molecule has 9 heteroatoms. The Morgan fingerprint density at radius 1 is 0.681 bits per heavy atom. The maximum atomic E-state index is 14.5. The average Bonchev–Trinajstić information content (AvgIpc) is 3.50. The monoisotopic (exact) mass is 634 g/mol. The Bertz CT molecular complexity index is 1790. The van der Waals surface area contributed by atoms with Crippen LogP contribution in [0, 0.1) is 29.6 Å². The van der Waals surface area contributed by atoms with E-state index in [1.54, 1.807) is 12.1 Å². The molecule has 0 aromatic heterocycles. The van der Waals surface area contributed by atoms with Crippen LogP contribution >= 0.6 is 0 Å². The first kappa shape index (κ1) is 30.7. The maximum Gasteiger partial charge on any atom is 0.238 e. The molecule has 0 radical (unpaired) electrons. The van der Waals surface area contributed by atoms with Crippen LogP contribution in [0.1, 0.15) is 49.3 Å². The summed E-state index contributed by atoms with van der Waals surface area (Å²) in [4.78, 5) is 59.6. The highest BCUT2D eigenvalue weighted by Gasteiger charge is 2.63. The molecule has 2 saturated heterocycles. The smallest absolute Gasteiger partial charge is 0.238 e. The quantitative estimate of drug-likeness (QED) is 0.267. The number of anilines is 2. The standard InChI is InChI=1S/C38H38N2O7/c1-5-20-7-11-22(12-8-20)39-35(42)26-16-15-25-27(31(26)37(39)44)19-28-33(32(25)34-29(46-3)17-24(41)18-30(34)47-4)38(45)40(36(28)43)23-13-9-21(6-2)10-14-23/h7-15,17-18,26-28,31-33,41H,5-6,16,19H2,1-4H3. The summed E-state index contributed by atoms with van der Waals surface area (Å²) in [5, 5.41) is 10.5. The van der Waals surface area contributed by atoms with Crippen molar-refractivity contribution >= 4 is 35.0 Å². The zero-order valence-corrected chi connectivity index (χ0v) is 26.9. The molecule has 4 amide bonds. The number of imide groups is 2. The molecule has 1 saturated carbocycles. The van der Waals surface area contributed by atoms with Gasteiger partial charge in [0.2, 0.25) is 23.6 Å². The SMILES string of the molecule is CCc1ccc(N2C(=O)C3CC=C4C(CC5C(=O)N(c6ccc(CC)cc6)C(=O)C5C4c4c(OC)cc(O)cc4OC)C3C2=O)cc1. The van der Waals surface area contributed by atoms with Gasteiger partial charge in [-0.05, 0) is 67.0 Å². The van der Waals surface area contributed by atoms with Gasteiger partial charge in [0.15, 0.2) is 0 Å². The first-order valence-electron chi connectivity index (χ1n) is 16.3. The lowest BCUT2D eigenvalue weighted by Gasteiger charge is -2.44. The minimum absolute atomic E-state index is 0.0724. The lowest BCUT2D eigenvalue weighted by molar-refractivity contribution is -0.126. The highest BCUT2D eigenvalue weighted by molar-refractivity contribution is 6.24. The summed E-state index contributed by atoms with van der Waals surface area (Å²) in [7, 11) is 2.95. The van der Waals surface area contributed by atoms with Gasteiger partial charge >= 0.3 is 0 Å². The summed E-state index contributed by atoms with van der Waals surface area (Å²) >= 11 is 0. The van der Waals surface area contributed by atoms with E-state index in [2.05, 4.69) is 0 Å². The van der Waals surface area contributed by atoms with Crippen LogP contribution in [0.15, 0.2) is 72.3 Å². The highest BCUT2D eigenvalue weighted by Crippen LogP contribution is 2.61. The molecule has 7 rings (SSSR count). The summed E-state index contributed by atoms with van der Waals surface area (Å²) in [6, 6.07) is 17.8. The van der Waals surface area contributed by atoms with Crippen LogP contribution in [0.2, 0.25) is 0 Å². The molecular weight excluding hydrogens is 596 g/mol. The zero-order chi connectivity index (χ0) is 33.1. The third kappa shape index (κ3) is 4.66. The second-order valence-electron chi connectivity index (χ2n) is 12.9. The van der Waals surface area contributed by atoms with Crippen molar-refractivity contribution in [1.82, 2.24) is 0 Å². The van der Waals surface area contributed by atoms with Crippen LogP contribution in [0.3, 0.4) is 0 Å². The lowest BCUT2D eigenvalue weighted by Crippen LogP contribution is -2.43. The summed E-state index contributed by atoms with van der Waals surface area (Å²) in [6.07, 6.45) is 4.23. The van der Waals surface area contributed by atoms with E-state index in [9.17, 15) is 24.3 Å². The summed E-state index contributed by atoms with van der Waals surface area (Å²) < 4.78 is 11.5. The third-order valence-corrected chi connectivity index (χ3v) is 10.7. The number of ether oxygens (including phenoxy) is 2. The normalized spacial score (nSPS) is 26.6. The second-order valence-corrected chi connectivity index (χ2v) is 12.9. The summed E-state index contributed by atoms with van der Waals surface area (Å²) in [5.41, 5.74) is 4.58. The molecule has 1 N–H and O–H groups in total. The van der Waals surface area contributed by atoms with Crippen LogP contribution in [0.4, 0.5) is 11.4 Å². The first-order chi connectivity index (χ1) is 22.7. The Kier molecular flexibility index (Phi) is 7.65. The van der Waals surface area contributed by atoms with Crippen LogP contribution in [-0.2, 0) is 32.0 Å². The van der Waals surface area contributed by atoms with E-state index in [0.29, 0.717) is 34.9 Å². The zero-order valence-electron chi connectivity index (χ0n) is 26.9. The first-order valence-corrected chi connectivity index (χ1v) is 16.3. The molecule has 3 aromatic carbocycles. The Morgan fingerprint density at radius 2 is 1.17 bits per heavy atom. The Morgan fingerprint density at radius 3 is 1.66 bits per heavy atom. The van der Waals surface area contributed by atoms with E-state index in [4.69, 9.17) is 9.47 Å². The number of carbonyl (C=O) groups is 4. The number of allylic oxidation sites excluding steroid dienone is 2. The molecule has 9 nitrogen and oxygen atoms in total. The number of benzene rings is 3. The van der Waals surface area contributed by atoms with Crippen molar-refractivity contribution in [3.05, 3.63) is 89.0 Å². The molecule has 0 spiro atoms. The Hall–Kier alpha value is -4.92. The van der Waals surface area contributed by atoms with Crippen LogP contribution in [-0.4, -0.2) is 43.0 Å². The van der Waals surface area contributed by atoms with E-state index >= 15 is 0 Å². The van der Waals surface area contributed by atoms with E-state index in [0.717, 1.165) is 29.5 Å². The molecule has 3 aromatic rings. The van der Waals surface area contributed by atoms with E-state index in [1.807, 2.05) is 56.3 Å². The second kappa shape index (κ2) is 11.7. The van der Waals surface area contributed by atoms with E-state index < -0.39 is 35.5 Å². The fraction of sp³-hybridized carbons (Fsp3) is 0.368. The number of nitrogens with zero attached hydrogens (tertiary/aromatic N) is 2. The van der Waals surface area contributed by atoms with Gasteiger partial charge < -0.3 is 14.6 Å². The van der Waals surface area contributed by atoms with E-state index in [-0.39, 0.29) is 35.8 Å². The lowest BCUT2D eigenvalue weighted by atomic mass is 9.57. The third-order valence-electron chi connectivity index (χ3n) is 10.7. The number of aromatic hydroxyl groups is 1. The van der Waals surface area contributed by atoms with Gasteiger partial charge in [-0.25, -0.2) is 0 Å². The van der Waals surface area contributed by atoms with Crippen molar-refractivity contribution in [2.45, 2.75) is 45.4 Å². The van der Waals surface area contributed by atoms with Gasteiger partial charge in [-0.1, -0.05) is 49.8 Å². The van der Waals surface area contributed by atoms with Crippen molar-refractivity contribution in [3.8, 4) is 17.2 Å². The van der Waals surface area contributed by atoms with Crippen molar-refractivity contribution in [3.63, 3.8) is 0 Å². The highest BCUT2D eigenvalue weighted by atomic mass is 16.5. The maximum absolute atomic E-state index is 14.5. The number of aryl methyl sites for hydroxylation is 2. The fourth-order valence-electron chi connectivity index (χ4n) is 8.41. The topological polar surface area (TPSA) is 113 Å². The van der Waals surface area contributed by atoms with Crippen molar-refractivity contribution in [2.75, 3.05) is 24.0 Å². The van der Waals surface area contributed by atoms with Crippen molar-refractivity contribution in [1.29, 1.82) is 0 Å². The predicted molar refractivity (Wildman–Crippen MR) is 175 cm³/mol. The van der Waals surface area contributed by atoms with Gasteiger partial charge in [0.1, 0.15) is 17.2 Å². The van der Waals surface area contributed by atoms with Gasteiger partial charge in [-0.15, -0.1) is 0 Å². The number of methoxy groups -OCH3 is 2.